The van der Waals surface area contributed by atoms with Gasteiger partial charge in [0, 0.05) is 26.8 Å². The Balaban J connectivity index is 3.29. The van der Waals surface area contributed by atoms with E-state index < -0.39 is 11.8 Å². The smallest absolute Gasteiger partial charge is 0.340 e. The molecule has 0 heterocycles. The average Bonchev–Trinajstić information content (AvgIpc) is 2.43. The summed E-state index contributed by atoms with van der Waals surface area (Å²) in [6, 6.07) is 2.46. The number of nitrogens with two attached hydrogens (primary N) is 1. The van der Waals surface area contributed by atoms with Gasteiger partial charge >= 0.3 is 5.97 Å². The molecule has 1 aromatic carbocycles. The summed E-state index contributed by atoms with van der Waals surface area (Å²) >= 11 is 0. The third-order valence-electron chi connectivity index (χ3n) is 3.17. The van der Waals surface area contributed by atoms with E-state index in [9.17, 15) is 14.3 Å². The van der Waals surface area contributed by atoms with Crippen LogP contribution in [0.3, 0.4) is 0 Å². The summed E-state index contributed by atoms with van der Waals surface area (Å²) in [7, 11) is 3.11. The van der Waals surface area contributed by atoms with Crippen molar-refractivity contribution in [2.45, 2.75) is 13.0 Å². The average molecular weight is 300 g/mol. The number of halogens is 1. The number of anilines is 2. The Morgan fingerprint density at radius 1 is 1.43 bits per heavy atom. The molecule has 1 atom stereocenters. The monoisotopic (exact) mass is 300 g/mol. The fourth-order valence-corrected chi connectivity index (χ4v) is 2.15. The highest BCUT2D eigenvalue weighted by Crippen LogP contribution is 2.29. The Bertz CT molecular complexity index is 496. The van der Waals surface area contributed by atoms with Gasteiger partial charge in [-0.25, -0.2) is 9.18 Å². The molecular formula is C14H21FN2O4. The number of aromatic carboxylic acids is 1. The molecule has 0 bridgehead atoms. The summed E-state index contributed by atoms with van der Waals surface area (Å²) in [6.07, 6.45) is 0. The number of carboxylic acids is 1. The lowest BCUT2D eigenvalue weighted by molar-refractivity contribution is 0.0697. The highest BCUT2D eigenvalue weighted by Gasteiger charge is 2.24. The van der Waals surface area contributed by atoms with Crippen LogP contribution in [-0.2, 0) is 9.47 Å². The number of nitrogen functional groups attached to an aromatic ring is 1. The number of hydrogen-bond acceptors (Lipinski definition) is 5. The van der Waals surface area contributed by atoms with Crippen LogP contribution in [0.25, 0.3) is 0 Å². The highest BCUT2D eigenvalue weighted by molar-refractivity contribution is 6.00. The predicted octanol–water partition coefficient (Wildman–Crippen LogP) is 1.59. The third kappa shape index (κ3) is 4.05. The second kappa shape index (κ2) is 7.80. The number of carbonyl (C=O) groups is 1. The van der Waals surface area contributed by atoms with Gasteiger partial charge in [0.05, 0.1) is 24.6 Å². The van der Waals surface area contributed by atoms with E-state index in [1.165, 1.54) is 6.07 Å². The number of rotatable bonds is 8. The van der Waals surface area contributed by atoms with Crippen molar-refractivity contribution in [3.63, 3.8) is 0 Å². The van der Waals surface area contributed by atoms with Crippen molar-refractivity contribution < 1.29 is 23.8 Å². The first-order valence-electron chi connectivity index (χ1n) is 6.49. The van der Waals surface area contributed by atoms with E-state index in [2.05, 4.69) is 0 Å². The SMILES string of the molecule is COCCN(c1ccc(F)c(N)c1C(=O)O)C(C)COC. The summed E-state index contributed by atoms with van der Waals surface area (Å²) in [6.45, 7) is 3.10. The molecule has 0 aliphatic heterocycles. The third-order valence-corrected chi connectivity index (χ3v) is 3.17. The van der Waals surface area contributed by atoms with Crippen molar-refractivity contribution in [2.24, 2.45) is 0 Å². The van der Waals surface area contributed by atoms with E-state index in [1.807, 2.05) is 6.92 Å². The molecule has 0 aliphatic carbocycles. The summed E-state index contributed by atoms with van der Waals surface area (Å²) in [5.74, 6) is -2.02. The molecule has 0 radical (unpaired) electrons. The highest BCUT2D eigenvalue weighted by atomic mass is 19.1. The molecule has 0 saturated carbocycles. The molecule has 1 aromatic rings. The van der Waals surface area contributed by atoms with Gasteiger partial charge in [-0.2, -0.15) is 0 Å². The molecule has 118 valence electrons. The van der Waals surface area contributed by atoms with E-state index in [0.717, 1.165) is 6.07 Å². The largest absolute Gasteiger partial charge is 0.478 e. The van der Waals surface area contributed by atoms with E-state index >= 15 is 0 Å². The van der Waals surface area contributed by atoms with Crippen LogP contribution in [0.2, 0.25) is 0 Å². The van der Waals surface area contributed by atoms with Gasteiger partial charge in [-0.3, -0.25) is 0 Å². The van der Waals surface area contributed by atoms with Crippen LogP contribution >= 0.6 is 0 Å². The Hall–Kier alpha value is -1.86. The van der Waals surface area contributed by atoms with Crippen molar-refractivity contribution in [3.8, 4) is 0 Å². The first-order chi connectivity index (χ1) is 9.93. The normalized spacial score (nSPS) is 12.2. The standard InChI is InChI=1S/C14H21FN2O4/c1-9(8-21-3)17(6-7-20-2)11-5-4-10(15)13(16)12(11)14(18)19/h4-5,9H,6-8,16H2,1-3H3,(H,18,19). The fraction of sp³-hybridized carbons (Fsp3) is 0.500. The molecule has 0 amide bonds. The zero-order valence-electron chi connectivity index (χ0n) is 12.4. The molecular weight excluding hydrogens is 279 g/mol. The van der Waals surface area contributed by atoms with Crippen molar-refractivity contribution in [1.82, 2.24) is 0 Å². The maximum Gasteiger partial charge on any atom is 0.340 e. The Morgan fingerprint density at radius 3 is 2.62 bits per heavy atom. The van der Waals surface area contributed by atoms with Gasteiger partial charge in [0.15, 0.2) is 0 Å². The van der Waals surface area contributed by atoms with E-state index in [4.69, 9.17) is 15.2 Å². The van der Waals surface area contributed by atoms with Crippen LogP contribution in [0, 0.1) is 5.82 Å². The number of methoxy groups -OCH3 is 2. The van der Waals surface area contributed by atoms with Crippen LogP contribution in [0.5, 0.6) is 0 Å². The summed E-state index contributed by atoms with van der Waals surface area (Å²) in [4.78, 5) is 13.2. The predicted molar refractivity (Wildman–Crippen MR) is 78.3 cm³/mol. The number of hydrogen-bond donors (Lipinski definition) is 2. The van der Waals surface area contributed by atoms with Gasteiger partial charge in [-0.05, 0) is 19.1 Å². The van der Waals surface area contributed by atoms with Crippen LogP contribution < -0.4 is 10.6 Å². The zero-order chi connectivity index (χ0) is 16.0. The summed E-state index contributed by atoms with van der Waals surface area (Å²) < 4.78 is 23.7. The van der Waals surface area contributed by atoms with E-state index in [0.29, 0.717) is 25.4 Å². The fourth-order valence-electron chi connectivity index (χ4n) is 2.15. The number of ether oxygens (including phenoxy) is 2. The first-order valence-corrected chi connectivity index (χ1v) is 6.49. The Labute approximate surface area is 123 Å². The summed E-state index contributed by atoms with van der Waals surface area (Å²) in [5.41, 5.74) is 5.32. The minimum Gasteiger partial charge on any atom is -0.478 e. The van der Waals surface area contributed by atoms with Crippen LogP contribution in [0.15, 0.2) is 12.1 Å². The molecule has 0 spiro atoms. The quantitative estimate of drug-likeness (QED) is 0.709. The van der Waals surface area contributed by atoms with Crippen LogP contribution in [-0.4, -0.2) is 51.1 Å². The lowest BCUT2D eigenvalue weighted by atomic mass is 10.1. The van der Waals surface area contributed by atoms with Crippen LogP contribution in [0.4, 0.5) is 15.8 Å². The molecule has 0 aliphatic rings. The molecule has 3 N–H and O–H groups in total. The number of carboxylic acid groups (broad SMARTS) is 1. The van der Waals surface area contributed by atoms with E-state index in [-0.39, 0.29) is 17.3 Å². The van der Waals surface area contributed by atoms with Crippen molar-refractivity contribution in [1.29, 1.82) is 0 Å². The number of benzene rings is 1. The lowest BCUT2D eigenvalue weighted by Crippen LogP contribution is -2.39. The molecule has 6 nitrogen and oxygen atoms in total. The van der Waals surface area contributed by atoms with Gasteiger partial charge < -0.3 is 25.2 Å². The molecule has 0 aromatic heterocycles. The van der Waals surface area contributed by atoms with Crippen molar-refractivity contribution >= 4 is 17.3 Å². The summed E-state index contributed by atoms with van der Waals surface area (Å²) in [5, 5.41) is 9.32. The minimum absolute atomic E-state index is 0.117. The van der Waals surface area contributed by atoms with Crippen LogP contribution in [0.1, 0.15) is 17.3 Å². The lowest BCUT2D eigenvalue weighted by Gasteiger charge is -2.32. The van der Waals surface area contributed by atoms with Gasteiger partial charge in [0.1, 0.15) is 11.4 Å². The first kappa shape index (κ1) is 17.2. The Morgan fingerprint density at radius 2 is 2.10 bits per heavy atom. The van der Waals surface area contributed by atoms with E-state index in [1.54, 1.807) is 19.1 Å². The van der Waals surface area contributed by atoms with Gasteiger partial charge in [0.25, 0.3) is 0 Å². The second-order valence-electron chi connectivity index (χ2n) is 4.65. The van der Waals surface area contributed by atoms with Gasteiger partial charge in [0.2, 0.25) is 0 Å². The minimum atomic E-state index is -1.27. The molecule has 1 unspecified atom stereocenters. The maximum absolute atomic E-state index is 13.5. The Kier molecular flexibility index (Phi) is 6.39. The molecule has 0 saturated heterocycles. The van der Waals surface area contributed by atoms with Gasteiger partial charge in [-0.1, -0.05) is 0 Å². The van der Waals surface area contributed by atoms with Crippen molar-refractivity contribution in [2.75, 3.05) is 44.6 Å². The topological polar surface area (TPSA) is 85.0 Å². The van der Waals surface area contributed by atoms with Crippen molar-refractivity contribution in [3.05, 3.63) is 23.5 Å². The molecule has 1 rings (SSSR count). The number of nitrogens with zero attached hydrogens (tertiary/aromatic N) is 1. The second-order valence-corrected chi connectivity index (χ2v) is 4.65. The molecule has 7 heteroatoms. The maximum atomic E-state index is 13.5. The zero-order valence-corrected chi connectivity index (χ0v) is 12.4. The van der Waals surface area contributed by atoms with Gasteiger partial charge in [-0.15, -0.1) is 0 Å². The molecule has 0 fully saturated rings. The molecule has 21 heavy (non-hydrogen) atoms.